The van der Waals surface area contributed by atoms with E-state index in [9.17, 15) is 4.79 Å². The minimum atomic E-state index is 0.0918. The van der Waals surface area contributed by atoms with E-state index in [0.717, 1.165) is 24.0 Å². The van der Waals surface area contributed by atoms with Crippen molar-refractivity contribution in [3.8, 4) is 0 Å². The zero-order valence-electron chi connectivity index (χ0n) is 10.8. The van der Waals surface area contributed by atoms with Crippen molar-refractivity contribution in [1.29, 1.82) is 0 Å². The smallest absolute Gasteiger partial charge is 0.295 e. The first-order valence-electron chi connectivity index (χ1n) is 6.29. The second-order valence-electron chi connectivity index (χ2n) is 4.83. The molecule has 0 aliphatic carbocycles. The van der Waals surface area contributed by atoms with Gasteiger partial charge in [-0.05, 0) is 24.5 Å². The molecular formula is C14H20N2O. The van der Waals surface area contributed by atoms with Gasteiger partial charge < -0.3 is 0 Å². The average molecular weight is 232 g/mol. The minimum absolute atomic E-state index is 0.0918. The van der Waals surface area contributed by atoms with Crippen LogP contribution < -0.4 is 5.69 Å². The Balaban J connectivity index is 2.46. The van der Waals surface area contributed by atoms with Crippen LogP contribution in [0.1, 0.15) is 26.7 Å². The molecule has 3 nitrogen and oxygen atoms in total. The molecule has 17 heavy (non-hydrogen) atoms. The molecule has 0 aliphatic rings. The number of imidazole rings is 1. The zero-order chi connectivity index (χ0) is 12.4. The number of aryl methyl sites for hydroxylation is 1. The molecular weight excluding hydrogens is 212 g/mol. The standard InChI is InChI=1S/C14H20N2O/c1-4-7-11(2)10-16-13-9-6-5-8-12(13)15(3)14(16)17/h5-6,8-9,11H,4,7,10H2,1-3H3. The van der Waals surface area contributed by atoms with Crippen LogP contribution in [-0.2, 0) is 13.6 Å². The largest absolute Gasteiger partial charge is 0.328 e. The number of aromatic nitrogens is 2. The molecule has 1 aromatic heterocycles. The Kier molecular flexibility index (Phi) is 3.36. The third kappa shape index (κ3) is 2.14. The van der Waals surface area contributed by atoms with Gasteiger partial charge in [-0.1, -0.05) is 32.4 Å². The maximum absolute atomic E-state index is 12.2. The Labute approximate surface area is 102 Å². The Morgan fingerprint density at radius 2 is 1.88 bits per heavy atom. The molecule has 0 saturated heterocycles. The number of hydrogen-bond acceptors (Lipinski definition) is 1. The first kappa shape index (κ1) is 12.0. The molecule has 0 N–H and O–H groups in total. The Morgan fingerprint density at radius 3 is 2.53 bits per heavy atom. The first-order chi connectivity index (χ1) is 8.15. The fourth-order valence-corrected chi connectivity index (χ4v) is 2.44. The van der Waals surface area contributed by atoms with E-state index in [-0.39, 0.29) is 5.69 Å². The van der Waals surface area contributed by atoms with E-state index in [1.807, 2.05) is 35.9 Å². The van der Waals surface area contributed by atoms with Crippen molar-refractivity contribution in [2.24, 2.45) is 13.0 Å². The summed E-state index contributed by atoms with van der Waals surface area (Å²) in [6.07, 6.45) is 2.33. The van der Waals surface area contributed by atoms with Crippen LogP contribution in [0.2, 0.25) is 0 Å². The van der Waals surface area contributed by atoms with Crippen LogP contribution in [-0.4, -0.2) is 9.13 Å². The van der Waals surface area contributed by atoms with Gasteiger partial charge in [0.25, 0.3) is 0 Å². The highest BCUT2D eigenvalue weighted by molar-refractivity contribution is 5.75. The number of fused-ring (bicyclic) bond motifs is 1. The maximum atomic E-state index is 12.2. The quantitative estimate of drug-likeness (QED) is 0.796. The number of para-hydroxylation sites is 2. The van der Waals surface area contributed by atoms with Crippen molar-refractivity contribution < 1.29 is 0 Å². The third-order valence-corrected chi connectivity index (χ3v) is 3.33. The summed E-state index contributed by atoms with van der Waals surface area (Å²) >= 11 is 0. The van der Waals surface area contributed by atoms with Crippen LogP contribution in [0.4, 0.5) is 0 Å². The molecule has 0 radical (unpaired) electrons. The predicted octanol–water partition coefficient (Wildman–Crippen LogP) is 2.78. The molecule has 1 atom stereocenters. The van der Waals surface area contributed by atoms with E-state index < -0.39 is 0 Å². The predicted molar refractivity (Wildman–Crippen MR) is 71.3 cm³/mol. The summed E-state index contributed by atoms with van der Waals surface area (Å²) in [4.78, 5) is 12.2. The van der Waals surface area contributed by atoms with Crippen molar-refractivity contribution in [3.05, 3.63) is 34.7 Å². The monoisotopic (exact) mass is 232 g/mol. The van der Waals surface area contributed by atoms with Crippen LogP contribution in [0.15, 0.2) is 29.1 Å². The molecule has 1 aromatic carbocycles. The summed E-state index contributed by atoms with van der Waals surface area (Å²) in [6, 6.07) is 7.98. The van der Waals surface area contributed by atoms with E-state index in [4.69, 9.17) is 0 Å². The van der Waals surface area contributed by atoms with Gasteiger partial charge in [-0.2, -0.15) is 0 Å². The maximum Gasteiger partial charge on any atom is 0.328 e. The van der Waals surface area contributed by atoms with Gasteiger partial charge in [-0.3, -0.25) is 9.13 Å². The highest BCUT2D eigenvalue weighted by Gasteiger charge is 2.11. The molecule has 0 amide bonds. The van der Waals surface area contributed by atoms with Crippen molar-refractivity contribution in [3.63, 3.8) is 0 Å². The number of nitrogens with zero attached hydrogens (tertiary/aromatic N) is 2. The van der Waals surface area contributed by atoms with E-state index in [1.165, 1.54) is 6.42 Å². The highest BCUT2D eigenvalue weighted by Crippen LogP contribution is 2.15. The van der Waals surface area contributed by atoms with E-state index in [1.54, 1.807) is 4.57 Å². The van der Waals surface area contributed by atoms with Crippen LogP contribution in [0.25, 0.3) is 11.0 Å². The summed E-state index contributed by atoms with van der Waals surface area (Å²) < 4.78 is 3.63. The highest BCUT2D eigenvalue weighted by atomic mass is 16.1. The Morgan fingerprint density at radius 1 is 1.24 bits per heavy atom. The van der Waals surface area contributed by atoms with Gasteiger partial charge in [0.05, 0.1) is 11.0 Å². The number of hydrogen-bond donors (Lipinski definition) is 0. The lowest BCUT2D eigenvalue weighted by Gasteiger charge is -2.10. The van der Waals surface area contributed by atoms with Gasteiger partial charge in [0.1, 0.15) is 0 Å². The van der Waals surface area contributed by atoms with Gasteiger partial charge in [0.15, 0.2) is 0 Å². The summed E-state index contributed by atoms with van der Waals surface area (Å²) in [5.74, 6) is 0.545. The summed E-state index contributed by atoms with van der Waals surface area (Å²) in [7, 11) is 1.84. The second-order valence-corrected chi connectivity index (χ2v) is 4.83. The molecule has 1 unspecified atom stereocenters. The van der Waals surface area contributed by atoms with Gasteiger partial charge in [0.2, 0.25) is 0 Å². The van der Waals surface area contributed by atoms with Gasteiger partial charge >= 0.3 is 5.69 Å². The third-order valence-electron chi connectivity index (χ3n) is 3.33. The second kappa shape index (κ2) is 4.78. The van der Waals surface area contributed by atoms with Crippen LogP contribution in [0, 0.1) is 5.92 Å². The lowest BCUT2D eigenvalue weighted by Crippen LogP contribution is -2.24. The lowest BCUT2D eigenvalue weighted by molar-refractivity contribution is 0.442. The normalized spacial score (nSPS) is 13.1. The van der Waals surface area contributed by atoms with Crippen molar-refractivity contribution in [1.82, 2.24) is 9.13 Å². The van der Waals surface area contributed by atoms with Crippen LogP contribution in [0.3, 0.4) is 0 Å². The Bertz CT molecular complexity index is 565. The minimum Gasteiger partial charge on any atom is -0.295 e. The van der Waals surface area contributed by atoms with Crippen molar-refractivity contribution in [2.45, 2.75) is 33.2 Å². The van der Waals surface area contributed by atoms with Crippen LogP contribution in [0.5, 0.6) is 0 Å². The molecule has 0 bridgehead atoms. The summed E-state index contributed by atoms with van der Waals surface area (Å²) in [6.45, 7) is 5.20. The average Bonchev–Trinajstić information content (AvgIpc) is 2.56. The Hall–Kier alpha value is -1.51. The van der Waals surface area contributed by atoms with Gasteiger partial charge in [-0.15, -0.1) is 0 Å². The SMILES string of the molecule is CCCC(C)Cn1c(=O)n(C)c2ccccc21. The van der Waals surface area contributed by atoms with Gasteiger partial charge in [0, 0.05) is 13.6 Å². The molecule has 0 spiro atoms. The molecule has 2 aromatic rings. The topological polar surface area (TPSA) is 26.9 Å². The fraction of sp³-hybridized carbons (Fsp3) is 0.500. The van der Waals surface area contributed by atoms with E-state index in [2.05, 4.69) is 13.8 Å². The first-order valence-corrected chi connectivity index (χ1v) is 6.29. The lowest BCUT2D eigenvalue weighted by atomic mass is 10.1. The molecule has 0 aliphatic heterocycles. The van der Waals surface area contributed by atoms with Crippen molar-refractivity contribution >= 4 is 11.0 Å². The fourth-order valence-electron chi connectivity index (χ4n) is 2.44. The molecule has 0 fully saturated rings. The number of rotatable bonds is 4. The molecule has 3 heteroatoms. The zero-order valence-corrected chi connectivity index (χ0v) is 10.8. The van der Waals surface area contributed by atoms with Crippen molar-refractivity contribution in [2.75, 3.05) is 0 Å². The molecule has 0 saturated carbocycles. The van der Waals surface area contributed by atoms with E-state index in [0.29, 0.717) is 5.92 Å². The van der Waals surface area contributed by atoms with E-state index >= 15 is 0 Å². The summed E-state index contributed by atoms with van der Waals surface area (Å²) in [5.41, 5.74) is 2.15. The van der Waals surface area contributed by atoms with Crippen LogP contribution >= 0.6 is 0 Å². The number of benzene rings is 1. The van der Waals surface area contributed by atoms with Gasteiger partial charge in [-0.25, -0.2) is 4.79 Å². The molecule has 92 valence electrons. The molecule has 2 rings (SSSR count). The summed E-state index contributed by atoms with van der Waals surface area (Å²) in [5, 5.41) is 0. The molecule has 1 heterocycles.